The Bertz CT molecular complexity index is 838. The van der Waals surface area contributed by atoms with E-state index in [-0.39, 0.29) is 5.97 Å². The molecule has 0 radical (unpaired) electrons. The topological polar surface area (TPSA) is 56.3 Å². The molecule has 0 unspecified atom stereocenters. The molecule has 2 aromatic carbocycles. The predicted octanol–water partition coefficient (Wildman–Crippen LogP) is 3.70. The van der Waals surface area contributed by atoms with Crippen LogP contribution in [0.4, 0.5) is 0 Å². The summed E-state index contributed by atoms with van der Waals surface area (Å²) in [6, 6.07) is 12.6. The fourth-order valence-electron chi connectivity index (χ4n) is 2.02. The van der Waals surface area contributed by atoms with Gasteiger partial charge in [-0.05, 0) is 30.3 Å². The van der Waals surface area contributed by atoms with Gasteiger partial charge in [-0.15, -0.1) is 11.3 Å². The Morgan fingerprint density at radius 2 is 2.05 bits per heavy atom. The van der Waals surface area contributed by atoms with Crippen LogP contribution < -0.4 is 4.74 Å². The molecule has 3 aromatic rings. The molecule has 0 atom stereocenters. The van der Waals surface area contributed by atoms with E-state index in [0.29, 0.717) is 11.3 Å². The molecule has 1 aromatic heterocycles. The quantitative estimate of drug-likeness (QED) is 0.420. The van der Waals surface area contributed by atoms with E-state index in [4.69, 9.17) is 4.74 Å². The highest BCUT2D eigenvalue weighted by Gasteiger charge is 2.12. The molecule has 0 saturated carbocycles. The number of carbonyl (C=O) groups excluding carboxylic acids is 2. The Labute approximate surface area is 125 Å². The van der Waals surface area contributed by atoms with E-state index in [1.807, 2.05) is 18.2 Å². The standard InChI is InChI=1S/C16H11NO3S/c1-10(19)20-14-5-3-2-4-12(14)16-17-13-7-6-11(9-18)8-15(13)21-16/h2-9H,1H3. The van der Waals surface area contributed by atoms with Crippen molar-refractivity contribution in [1.82, 2.24) is 4.98 Å². The van der Waals surface area contributed by atoms with Crippen molar-refractivity contribution in [3.63, 3.8) is 0 Å². The highest BCUT2D eigenvalue weighted by Crippen LogP contribution is 2.35. The highest BCUT2D eigenvalue weighted by atomic mass is 32.1. The van der Waals surface area contributed by atoms with Crippen molar-refractivity contribution in [2.45, 2.75) is 6.92 Å². The van der Waals surface area contributed by atoms with E-state index in [1.165, 1.54) is 18.3 Å². The number of benzene rings is 2. The molecule has 0 aliphatic rings. The Hall–Kier alpha value is -2.53. The third-order valence-corrected chi connectivity index (χ3v) is 3.97. The molecule has 0 saturated heterocycles. The van der Waals surface area contributed by atoms with E-state index in [0.717, 1.165) is 27.1 Å². The van der Waals surface area contributed by atoms with Gasteiger partial charge in [0, 0.05) is 12.5 Å². The van der Waals surface area contributed by atoms with Crippen molar-refractivity contribution in [2.24, 2.45) is 0 Å². The van der Waals surface area contributed by atoms with Gasteiger partial charge in [0.25, 0.3) is 0 Å². The summed E-state index contributed by atoms with van der Waals surface area (Å²) < 4.78 is 6.14. The maximum atomic E-state index is 11.2. The molecule has 0 fully saturated rings. The van der Waals surface area contributed by atoms with Crippen molar-refractivity contribution in [3.05, 3.63) is 48.0 Å². The smallest absolute Gasteiger partial charge is 0.308 e. The fraction of sp³-hybridized carbons (Fsp3) is 0.0625. The first kappa shape index (κ1) is 13.5. The number of para-hydroxylation sites is 1. The maximum Gasteiger partial charge on any atom is 0.308 e. The van der Waals surface area contributed by atoms with E-state index in [1.54, 1.807) is 24.3 Å². The molecule has 4 nitrogen and oxygen atoms in total. The van der Waals surface area contributed by atoms with Crippen LogP contribution in [0.3, 0.4) is 0 Å². The first-order valence-corrected chi connectivity index (χ1v) is 7.12. The molecule has 0 aliphatic heterocycles. The van der Waals surface area contributed by atoms with Crippen molar-refractivity contribution in [2.75, 3.05) is 0 Å². The summed E-state index contributed by atoms with van der Waals surface area (Å²) in [4.78, 5) is 26.5. The molecule has 21 heavy (non-hydrogen) atoms. The summed E-state index contributed by atoms with van der Waals surface area (Å²) in [6.07, 6.45) is 0.811. The van der Waals surface area contributed by atoms with Gasteiger partial charge in [-0.2, -0.15) is 0 Å². The minimum atomic E-state index is -0.369. The van der Waals surface area contributed by atoms with E-state index in [9.17, 15) is 9.59 Å². The van der Waals surface area contributed by atoms with Gasteiger partial charge in [0.05, 0.1) is 15.8 Å². The second-order valence-corrected chi connectivity index (χ2v) is 5.48. The zero-order valence-corrected chi connectivity index (χ0v) is 12.0. The van der Waals surface area contributed by atoms with Gasteiger partial charge in [0.2, 0.25) is 0 Å². The number of nitrogens with zero attached hydrogens (tertiary/aromatic N) is 1. The molecule has 0 aliphatic carbocycles. The summed E-state index contributed by atoms with van der Waals surface area (Å²) in [5.41, 5.74) is 2.20. The number of aromatic nitrogens is 1. The number of aldehydes is 1. The van der Waals surface area contributed by atoms with Crippen LogP contribution in [0.5, 0.6) is 5.75 Å². The van der Waals surface area contributed by atoms with E-state index < -0.39 is 0 Å². The molecule has 0 N–H and O–H groups in total. The number of esters is 1. The largest absolute Gasteiger partial charge is 0.426 e. The summed E-state index contributed by atoms with van der Waals surface area (Å²) >= 11 is 1.46. The van der Waals surface area contributed by atoms with Gasteiger partial charge >= 0.3 is 5.97 Å². The zero-order valence-electron chi connectivity index (χ0n) is 11.2. The Morgan fingerprint density at radius 3 is 2.81 bits per heavy atom. The third kappa shape index (κ3) is 2.68. The zero-order chi connectivity index (χ0) is 14.8. The second-order valence-electron chi connectivity index (χ2n) is 4.45. The van der Waals surface area contributed by atoms with Crippen LogP contribution in [0.25, 0.3) is 20.8 Å². The lowest BCUT2D eigenvalue weighted by molar-refractivity contribution is -0.131. The molecule has 104 valence electrons. The number of fused-ring (bicyclic) bond motifs is 1. The van der Waals surface area contributed by atoms with Crippen molar-refractivity contribution in [1.29, 1.82) is 0 Å². The molecular weight excluding hydrogens is 286 g/mol. The lowest BCUT2D eigenvalue weighted by Gasteiger charge is -2.05. The highest BCUT2D eigenvalue weighted by molar-refractivity contribution is 7.21. The number of thiazole rings is 1. The minimum absolute atomic E-state index is 0.369. The predicted molar refractivity (Wildman–Crippen MR) is 81.8 cm³/mol. The molecule has 0 bridgehead atoms. The number of ether oxygens (including phenoxy) is 1. The third-order valence-electron chi connectivity index (χ3n) is 2.92. The van der Waals surface area contributed by atoms with Gasteiger partial charge in [-0.1, -0.05) is 12.1 Å². The Kier molecular flexibility index (Phi) is 3.50. The summed E-state index contributed by atoms with van der Waals surface area (Å²) in [5, 5.41) is 0.755. The van der Waals surface area contributed by atoms with Gasteiger partial charge in [0.15, 0.2) is 0 Å². The fourth-order valence-corrected chi connectivity index (χ4v) is 3.06. The Morgan fingerprint density at radius 1 is 1.24 bits per heavy atom. The molecule has 1 heterocycles. The van der Waals surface area contributed by atoms with Crippen LogP contribution in [-0.2, 0) is 4.79 Å². The van der Waals surface area contributed by atoms with Crippen LogP contribution >= 0.6 is 11.3 Å². The normalized spacial score (nSPS) is 10.5. The van der Waals surface area contributed by atoms with Crippen molar-refractivity contribution >= 4 is 33.8 Å². The summed E-state index contributed by atoms with van der Waals surface area (Å²) in [7, 11) is 0. The first-order valence-electron chi connectivity index (χ1n) is 6.31. The van der Waals surface area contributed by atoms with Gasteiger partial charge in [0.1, 0.15) is 17.0 Å². The van der Waals surface area contributed by atoms with E-state index >= 15 is 0 Å². The molecule has 0 amide bonds. The molecular formula is C16H11NO3S. The van der Waals surface area contributed by atoms with Crippen molar-refractivity contribution in [3.8, 4) is 16.3 Å². The molecule has 5 heteroatoms. The molecule has 0 spiro atoms. The van der Waals surface area contributed by atoms with Crippen LogP contribution in [0.2, 0.25) is 0 Å². The summed E-state index contributed by atoms with van der Waals surface area (Å²) in [5.74, 6) is 0.117. The SMILES string of the molecule is CC(=O)Oc1ccccc1-c1nc2ccc(C=O)cc2s1. The Balaban J connectivity index is 2.12. The molecule has 3 rings (SSSR count). The van der Waals surface area contributed by atoms with E-state index in [2.05, 4.69) is 4.98 Å². The van der Waals surface area contributed by atoms with Gasteiger partial charge in [-0.25, -0.2) is 4.98 Å². The van der Waals surface area contributed by atoms with Crippen LogP contribution in [-0.4, -0.2) is 17.2 Å². The van der Waals surface area contributed by atoms with Crippen LogP contribution in [0, 0.1) is 0 Å². The number of hydrogen-bond acceptors (Lipinski definition) is 5. The average molecular weight is 297 g/mol. The first-order chi connectivity index (χ1) is 10.2. The van der Waals surface area contributed by atoms with Crippen LogP contribution in [0.15, 0.2) is 42.5 Å². The average Bonchev–Trinajstić information content (AvgIpc) is 2.89. The summed E-state index contributed by atoms with van der Waals surface area (Å²) in [6.45, 7) is 1.37. The number of rotatable bonds is 3. The maximum absolute atomic E-state index is 11.2. The number of carbonyl (C=O) groups is 2. The van der Waals surface area contributed by atoms with Gasteiger partial charge in [-0.3, -0.25) is 9.59 Å². The van der Waals surface area contributed by atoms with Gasteiger partial charge < -0.3 is 4.74 Å². The lowest BCUT2D eigenvalue weighted by Crippen LogP contribution is -2.02. The second kappa shape index (κ2) is 5.46. The monoisotopic (exact) mass is 297 g/mol. The lowest BCUT2D eigenvalue weighted by atomic mass is 10.2. The number of hydrogen-bond donors (Lipinski definition) is 0. The minimum Gasteiger partial charge on any atom is -0.426 e. The van der Waals surface area contributed by atoms with Crippen LogP contribution in [0.1, 0.15) is 17.3 Å². The van der Waals surface area contributed by atoms with Crippen molar-refractivity contribution < 1.29 is 14.3 Å².